The molecular weight excluding hydrogens is 348 g/mol. The molecule has 156 valence electrons. The molecule has 2 saturated heterocycles. The molecule has 0 bridgehead atoms. The lowest BCUT2D eigenvalue weighted by Gasteiger charge is -2.58. The third-order valence-electron chi connectivity index (χ3n) is 10.3. The van der Waals surface area contributed by atoms with Crippen LogP contribution in [0.4, 0.5) is 0 Å². The van der Waals surface area contributed by atoms with Crippen LogP contribution in [0.5, 0.6) is 0 Å². The van der Waals surface area contributed by atoms with E-state index in [-0.39, 0.29) is 11.9 Å². The average molecular weight is 387 g/mol. The molecule has 0 N–H and O–H groups in total. The monoisotopic (exact) mass is 386 g/mol. The van der Waals surface area contributed by atoms with Crippen LogP contribution < -0.4 is 0 Å². The van der Waals surface area contributed by atoms with Gasteiger partial charge in [-0.25, -0.2) is 0 Å². The van der Waals surface area contributed by atoms with Crippen molar-refractivity contribution in [1.82, 2.24) is 0 Å². The lowest BCUT2D eigenvalue weighted by atomic mass is 9.47. The Morgan fingerprint density at radius 2 is 1.86 bits per heavy atom. The number of fused-ring (bicyclic) bond motifs is 6. The molecule has 4 aliphatic carbocycles. The van der Waals surface area contributed by atoms with Crippen molar-refractivity contribution in [2.45, 2.75) is 102 Å². The molecule has 0 unspecified atom stereocenters. The maximum absolute atomic E-state index is 6.40. The van der Waals surface area contributed by atoms with Gasteiger partial charge in [0.25, 0.3) is 0 Å². The van der Waals surface area contributed by atoms with Crippen molar-refractivity contribution in [1.29, 1.82) is 0 Å². The fourth-order valence-corrected chi connectivity index (χ4v) is 8.43. The lowest BCUT2D eigenvalue weighted by molar-refractivity contribution is -0.195. The fraction of sp³-hybridized carbons (Fsp3) is 0.920. The van der Waals surface area contributed by atoms with Crippen molar-refractivity contribution in [3.05, 3.63) is 11.6 Å². The van der Waals surface area contributed by atoms with E-state index in [1.54, 1.807) is 5.57 Å². The van der Waals surface area contributed by atoms with Crippen molar-refractivity contribution < 1.29 is 14.2 Å². The van der Waals surface area contributed by atoms with Crippen molar-refractivity contribution >= 4 is 0 Å². The Hall–Kier alpha value is -0.380. The van der Waals surface area contributed by atoms with Gasteiger partial charge in [-0.1, -0.05) is 25.5 Å². The molecule has 6 rings (SSSR count). The lowest BCUT2D eigenvalue weighted by Crippen LogP contribution is -2.52. The Labute approximate surface area is 170 Å². The molecule has 1 spiro atoms. The second kappa shape index (κ2) is 6.31. The molecule has 3 heteroatoms. The highest BCUT2D eigenvalue weighted by Crippen LogP contribution is 2.70. The summed E-state index contributed by atoms with van der Waals surface area (Å²) in [6, 6.07) is 0. The quantitative estimate of drug-likeness (QED) is 0.455. The van der Waals surface area contributed by atoms with E-state index in [9.17, 15) is 0 Å². The van der Waals surface area contributed by atoms with E-state index < -0.39 is 0 Å². The van der Waals surface area contributed by atoms with Gasteiger partial charge in [0.15, 0.2) is 6.29 Å². The molecule has 3 saturated carbocycles. The molecule has 2 heterocycles. The van der Waals surface area contributed by atoms with E-state index in [0.717, 1.165) is 43.8 Å². The van der Waals surface area contributed by atoms with Crippen LogP contribution in [0.25, 0.3) is 0 Å². The van der Waals surface area contributed by atoms with E-state index >= 15 is 0 Å². The van der Waals surface area contributed by atoms with Gasteiger partial charge in [-0.3, -0.25) is 0 Å². The molecule has 3 nitrogen and oxygen atoms in total. The molecule has 6 aliphatic rings. The number of hydrogen-bond donors (Lipinski definition) is 0. The van der Waals surface area contributed by atoms with E-state index in [0.29, 0.717) is 16.9 Å². The Kier molecular flexibility index (Phi) is 4.15. The van der Waals surface area contributed by atoms with Gasteiger partial charge in [0, 0.05) is 12.0 Å². The Bertz CT molecular complexity index is 661. The topological polar surface area (TPSA) is 31.0 Å². The number of allylic oxidation sites excluding steroid dienone is 1. The predicted molar refractivity (Wildman–Crippen MR) is 109 cm³/mol. The highest BCUT2D eigenvalue weighted by molar-refractivity contribution is 5.27. The number of rotatable bonds is 2. The van der Waals surface area contributed by atoms with Crippen molar-refractivity contribution in [2.24, 2.45) is 28.6 Å². The van der Waals surface area contributed by atoms with Gasteiger partial charge in [0.05, 0.1) is 18.3 Å². The Balaban J connectivity index is 1.20. The first kappa shape index (κ1) is 18.4. The van der Waals surface area contributed by atoms with E-state index in [2.05, 4.69) is 19.9 Å². The van der Waals surface area contributed by atoms with Crippen LogP contribution in [0.1, 0.15) is 84.5 Å². The molecule has 0 aromatic rings. The van der Waals surface area contributed by atoms with Crippen molar-refractivity contribution in [2.75, 3.05) is 13.2 Å². The SMILES string of the molecule is C[C@]12CC[C@@H](O[C@H]3CCCCO3)CC1=CC[C@H]1[C@H]2CC[C@@]2(C)[C@@H]1CC[C@@]21CO1. The second-order valence-corrected chi connectivity index (χ2v) is 11.3. The minimum Gasteiger partial charge on any atom is -0.369 e. The second-order valence-electron chi connectivity index (χ2n) is 11.3. The third-order valence-corrected chi connectivity index (χ3v) is 10.3. The minimum atomic E-state index is 0.0589. The van der Waals surface area contributed by atoms with E-state index in [1.165, 1.54) is 57.8 Å². The zero-order valence-corrected chi connectivity index (χ0v) is 17.9. The predicted octanol–water partition coefficient (Wildman–Crippen LogP) is 5.63. The van der Waals surface area contributed by atoms with Crippen LogP contribution in [0.15, 0.2) is 11.6 Å². The minimum absolute atomic E-state index is 0.0589. The standard InChI is InChI=1S/C25H38O3/c1-23-11-8-18(28-22-5-3-4-14-26-22)15-17(23)6-7-19-20(23)9-12-24(2)21(19)10-13-25(24)16-27-25/h6,18-22H,3-5,7-16H2,1-2H3/t18-,19+,20-,21-,22+,23+,24+,25-/m1/s1. The highest BCUT2D eigenvalue weighted by atomic mass is 16.7. The van der Waals surface area contributed by atoms with Gasteiger partial charge >= 0.3 is 0 Å². The summed E-state index contributed by atoms with van der Waals surface area (Å²) in [5.74, 6) is 2.65. The van der Waals surface area contributed by atoms with Crippen LogP contribution in [0.2, 0.25) is 0 Å². The Morgan fingerprint density at radius 1 is 1.00 bits per heavy atom. The summed E-state index contributed by atoms with van der Waals surface area (Å²) < 4.78 is 18.3. The van der Waals surface area contributed by atoms with Crippen molar-refractivity contribution in [3.63, 3.8) is 0 Å². The fourth-order valence-electron chi connectivity index (χ4n) is 8.43. The summed E-state index contributed by atoms with van der Waals surface area (Å²) in [6.45, 7) is 7.10. The van der Waals surface area contributed by atoms with Gasteiger partial charge in [0.1, 0.15) is 0 Å². The first-order chi connectivity index (χ1) is 13.5. The molecule has 28 heavy (non-hydrogen) atoms. The molecule has 0 radical (unpaired) electrons. The van der Waals surface area contributed by atoms with Gasteiger partial charge in [-0.05, 0) is 93.8 Å². The molecular formula is C25H38O3. The number of epoxide rings is 1. The summed E-state index contributed by atoms with van der Waals surface area (Å²) in [7, 11) is 0. The molecule has 0 aromatic heterocycles. The number of ether oxygens (including phenoxy) is 3. The Morgan fingerprint density at radius 3 is 2.64 bits per heavy atom. The van der Waals surface area contributed by atoms with Gasteiger partial charge in [0.2, 0.25) is 0 Å². The van der Waals surface area contributed by atoms with Crippen LogP contribution >= 0.6 is 0 Å². The van der Waals surface area contributed by atoms with Crippen LogP contribution in [0, 0.1) is 28.6 Å². The van der Waals surface area contributed by atoms with Gasteiger partial charge in [-0.15, -0.1) is 0 Å². The van der Waals surface area contributed by atoms with Crippen LogP contribution in [0.3, 0.4) is 0 Å². The highest BCUT2D eigenvalue weighted by Gasteiger charge is 2.69. The molecule has 5 fully saturated rings. The van der Waals surface area contributed by atoms with Gasteiger partial charge in [-0.2, -0.15) is 0 Å². The smallest absolute Gasteiger partial charge is 0.157 e. The van der Waals surface area contributed by atoms with Gasteiger partial charge < -0.3 is 14.2 Å². The van der Waals surface area contributed by atoms with Crippen LogP contribution in [-0.4, -0.2) is 31.2 Å². The maximum atomic E-state index is 6.40. The average Bonchev–Trinajstić information content (AvgIpc) is 3.43. The first-order valence-corrected chi connectivity index (χ1v) is 12.1. The van der Waals surface area contributed by atoms with E-state index in [1.807, 2.05) is 0 Å². The summed E-state index contributed by atoms with van der Waals surface area (Å²) in [5.41, 5.74) is 2.87. The summed E-state index contributed by atoms with van der Waals surface area (Å²) in [5, 5.41) is 0. The van der Waals surface area contributed by atoms with E-state index in [4.69, 9.17) is 14.2 Å². The normalized spacial score (nSPS) is 55.2. The summed E-state index contributed by atoms with van der Waals surface area (Å²) in [6.07, 6.45) is 17.1. The summed E-state index contributed by atoms with van der Waals surface area (Å²) in [4.78, 5) is 0. The van der Waals surface area contributed by atoms with Crippen molar-refractivity contribution in [3.8, 4) is 0 Å². The molecule has 0 amide bonds. The van der Waals surface area contributed by atoms with Crippen LogP contribution in [-0.2, 0) is 14.2 Å². The summed E-state index contributed by atoms with van der Waals surface area (Å²) >= 11 is 0. The molecule has 0 aromatic carbocycles. The zero-order chi connectivity index (χ0) is 19.0. The maximum Gasteiger partial charge on any atom is 0.157 e. The largest absolute Gasteiger partial charge is 0.369 e. The zero-order valence-electron chi connectivity index (χ0n) is 17.9. The third kappa shape index (κ3) is 2.51. The molecule has 8 atom stereocenters. The molecule has 2 aliphatic heterocycles. The number of hydrogen-bond acceptors (Lipinski definition) is 3. The first-order valence-electron chi connectivity index (χ1n) is 12.1.